The molecule has 0 saturated carbocycles. The molecule has 0 radical (unpaired) electrons. The number of thiocarbonyl (C=S) groups is 1. The summed E-state index contributed by atoms with van der Waals surface area (Å²) >= 11 is 4.63. The highest BCUT2D eigenvalue weighted by molar-refractivity contribution is 7.78. The Bertz CT molecular complexity index is 881. The van der Waals surface area contributed by atoms with Crippen LogP contribution in [0.4, 0.5) is 11.4 Å². The molecule has 158 valence electrons. The molecule has 1 heterocycles. The number of isothiocyanates is 1. The number of para-hydroxylation sites is 1. The van der Waals surface area contributed by atoms with Crippen LogP contribution in [0.5, 0.6) is 0 Å². The molecule has 2 aromatic carbocycles. The van der Waals surface area contributed by atoms with Crippen LogP contribution < -0.4 is 4.90 Å². The third-order valence-corrected chi connectivity index (χ3v) is 5.87. The standard InChI is InChI=1S/C24H29N3O2S/c1-3-23(28)27(21-7-5-4-6-8-21)22-13-14-26(16-18(22)2)24(29)15-19-9-11-20(12-10-19)25-17-30/h4-12,18,22,24,29H,3,13-16H2,1-2H3/t18-,22+,24+/m1/s1. The van der Waals surface area contributed by atoms with E-state index in [2.05, 4.69) is 34.2 Å². The number of piperidine rings is 1. The number of rotatable bonds is 7. The molecule has 1 N–H and O–H groups in total. The molecule has 3 rings (SSSR count). The van der Waals surface area contributed by atoms with Crippen molar-refractivity contribution in [3.63, 3.8) is 0 Å². The average molecular weight is 424 g/mol. The maximum atomic E-state index is 12.7. The van der Waals surface area contributed by atoms with Gasteiger partial charge in [-0.2, -0.15) is 4.99 Å². The minimum Gasteiger partial charge on any atom is -0.378 e. The fourth-order valence-corrected chi connectivity index (χ4v) is 4.30. The summed E-state index contributed by atoms with van der Waals surface area (Å²) in [6.07, 6.45) is 1.31. The Morgan fingerprint density at radius 1 is 1.27 bits per heavy atom. The Balaban J connectivity index is 1.65. The fraction of sp³-hybridized carbons (Fsp3) is 0.417. The molecule has 0 bridgehead atoms. The molecule has 1 aliphatic heterocycles. The van der Waals surface area contributed by atoms with Gasteiger partial charge in [-0.3, -0.25) is 9.69 Å². The van der Waals surface area contributed by atoms with Gasteiger partial charge in [-0.25, -0.2) is 0 Å². The molecule has 0 unspecified atom stereocenters. The summed E-state index contributed by atoms with van der Waals surface area (Å²) in [6, 6.07) is 17.7. The number of anilines is 1. The van der Waals surface area contributed by atoms with Gasteiger partial charge in [0.25, 0.3) is 0 Å². The fourth-order valence-electron chi connectivity index (χ4n) is 4.20. The zero-order valence-electron chi connectivity index (χ0n) is 17.6. The van der Waals surface area contributed by atoms with E-state index in [1.807, 2.05) is 66.4 Å². The number of hydrogen-bond acceptors (Lipinski definition) is 5. The third kappa shape index (κ3) is 5.41. The Kier molecular flexibility index (Phi) is 7.88. The second kappa shape index (κ2) is 10.6. The minimum atomic E-state index is -0.555. The normalized spacial score (nSPS) is 20.2. The maximum absolute atomic E-state index is 12.7. The van der Waals surface area contributed by atoms with Crippen molar-refractivity contribution in [3.05, 3.63) is 60.2 Å². The zero-order valence-corrected chi connectivity index (χ0v) is 18.4. The number of benzene rings is 2. The van der Waals surface area contributed by atoms with Crippen molar-refractivity contribution in [1.82, 2.24) is 4.90 Å². The summed E-state index contributed by atoms with van der Waals surface area (Å²) in [7, 11) is 0. The van der Waals surface area contributed by atoms with E-state index in [-0.39, 0.29) is 17.9 Å². The lowest BCUT2D eigenvalue weighted by Gasteiger charge is -2.44. The van der Waals surface area contributed by atoms with Crippen molar-refractivity contribution in [2.24, 2.45) is 10.9 Å². The van der Waals surface area contributed by atoms with Gasteiger partial charge in [0, 0.05) is 37.7 Å². The topological polar surface area (TPSA) is 56.1 Å². The second-order valence-electron chi connectivity index (χ2n) is 7.84. The van der Waals surface area contributed by atoms with Crippen LogP contribution in [0.3, 0.4) is 0 Å². The molecule has 5 nitrogen and oxygen atoms in total. The molecular formula is C24H29N3O2S. The first-order chi connectivity index (χ1) is 14.5. The van der Waals surface area contributed by atoms with E-state index in [1.165, 1.54) is 0 Å². The molecule has 3 atom stereocenters. The smallest absolute Gasteiger partial charge is 0.226 e. The zero-order chi connectivity index (χ0) is 21.5. The predicted octanol–water partition coefficient (Wildman–Crippen LogP) is 4.44. The van der Waals surface area contributed by atoms with Crippen molar-refractivity contribution in [2.45, 2.75) is 45.4 Å². The summed E-state index contributed by atoms with van der Waals surface area (Å²) in [5.74, 6) is 0.398. The summed E-state index contributed by atoms with van der Waals surface area (Å²) in [4.78, 5) is 20.8. The van der Waals surface area contributed by atoms with Crippen molar-refractivity contribution >= 4 is 34.7 Å². The molecule has 0 aliphatic carbocycles. The minimum absolute atomic E-state index is 0.134. The van der Waals surface area contributed by atoms with E-state index in [1.54, 1.807) is 0 Å². The average Bonchev–Trinajstić information content (AvgIpc) is 2.77. The van der Waals surface area contributed by atoms with Gasteiger partial charge in [0.15, 0.2) is 0 Å². The van der Waals surface area contributed by atoms with Gasteiger partial charge in [0.05, 0.1) is 10.8 Å². The van der Waals surface area contributed by atoms with Gasteiger partial charge in [-0.1, -0.05) is 44.2 Å². The molecule has 6 heteroatoms. The van der Waals surface area contributed by atoms with E-state index < -0.39 is 6.23 Å². The van der Waals surface area contributed by atoms with Crippen molar-refractivity contribution in [1.29, 1.82) is 0 Å². The quantitative estimate of drug-likeness (QED) is 0.529. The van der Waals surface area contributed by atoms with Crippen LogP contribution in [0.15, 0.2) is 59.6 Å². The molecule has 0 spiro atoms. The SMILES string of the molecule is CCC(=O)N(c1ccccc1)[C@H]1CCN([C@@H](O)Cc2ccc(N=C=S)cc2)C[C@H]1C. The largest absolute Gasteiger partial charge is 0.378 e. The van der Waals surface area contributed by atoms with Crippen molar-refractivity contribution in [2.75, 3.05) is 18.0 Å². The summed E-state index contributed by atoms with van der Waals surface area (Å²) < 4.78 is 0. The first kappa shape index (κ1) is 22.3. The maximum Gasteiger partial charge on any atom is 0.226 e. The van der Waals surface area contributed by atoms with Crippen LogP contribution in [0.25, 0.3) is 0 Å². The lowest BCUT2D eigenvalue weighted by Crippen LogP contribution is -2.54. The van der Waals surface area contributed by atoms with Crippen LogP contribution in [-0.2, 0) is 11.2 Å². The molecular weight excluding hydrogens is 394 g/mol. The summed E-state index contributed by atoms with van der Waals surface area (Å²) in [5, 5.41) is 13.2. The number of likely N-dealkylation sites (tertiary alicyclic amines) is 1. The highest BCUT2D eigenvalue weighted by Crippen LogP contribution is 2.29. The number of carbonyl (C=O) groups excluding carboxylic acids is 1. The van der Waals surface area contributed by atoms with E-state index in [0.717, 1.165) is 36.4 Å². The number of nitrogens with zero attached hydrogens (tertiary/aromatic N) is 3. The van der Waals surface area contributed by atoms with Gasteiger partial charge < -0.3 is 10.0 Å². The first-order valence-corrected chi connectivity index (χ1v) is 10.9. The lowest BCUT2D eigenvalue weighted by atomic mass is 9.91. The second-order valence-corrected chi connectivity index (χ2v) is 8.02. The molecule has 1 fully saturated rings. The lowest BCUT2D eigenvalue weighted by molar-refractivity contribution is -0.119. The number of aliphatic hydroxyl groups is 1. The van der Waals surface area contributed by atoms with Crippen LogP contribution in [-0.4, -0.2) is 46.4 Å². The van der Waals surface area contributed by atoms with Crippen LogP contribution >= 0.6 is 12.2 Å². The highest BCUT2D eigenvalue weighted by atomic mass is 32.1. The van der Waals surface area contributed by atoms with Gasteiger partial charge in [-0.05, 0) is 54.4 Å². The summed E-state index contributed by atoms with van der Waals surface area (Å²) in [6.45, 7) is 5.58. The van der Waals surface area contributed by atoms with Gasteiger partial charge in [-0.15, -0.1) is 0 Å². The molecule has 30 heavy (non-hydrogen) atoms. The van der Waals surface area contributed by atoms with Gasteiger partial charge in [0.2, 0.25) is 5.91 Å². The number of amides is 1. The molecule has 1 aliphatic rings. The van der Waals surface area contributed by atoms with Gasteiger partial charge in [0.1, 0.15) is 6.23 Å². The highest BCUT2D eigenvalue weighted by Gasteiger charge is 2.35. The van der Waals surface area contributed by atoms with Crippen molar-refractivity contribution < 1.29 is 9.90 Å². The molecule has 0 aromatic heterocycles. The number of carbonyl (C=O) groups is 1. The van der Waals surface area contributed by atoms with Crippen molar-refractivity contribution in [3.8, 4) is 0 Å². The number of aliphatic imine (C=N–C) groups is 1. The Labute approximate surface area is 184 Å². The first-order valence-electron chi connectivity index (χ1n) is 10.5. The Morgan fingerprint density at radius 3 is 2.57 bits per heavy atom. The Hall–Kier alpha value is -2.37. The van der Waals surface area contributed by atoms with E-state index >= 15 is 0 Å². The number of aliphatic hydroxyl groups excluding tert-OH is 1. The molecule has 1 saturated heterocycles. The van der Waals surface area contributed by atoms with E-state index in [0.29, 0.717) is 12.8 Å². The van der Waals surface area contributed by atoms with Crippen LogP contribution in [0, 0.1) is 5.92 Å². The third-order valence-electron chi connectivity index (χ3n) is 5.78. The van der Waals surface area contributed by atoms with Crippen LogP contribution in [0.2, 0.25) is 0 Å². The van der Waals surface area contributed by atoms with E-state index in [4.69, 9.17) is 0 Å². The van der Waals surface area contributed by atoms with E-state index in [9.17, 15) is 9.90 Å². The molecule has 1 amide bonds. The monoisotopic (exact) mass is 423 g/mol. The predicted molar refractivity (Wildman–Crippen MR) is 124 cm³/mol. The molecule has 2 aromatic rings. The van der Waals surface area contributed by atoms with Crippen LogP contribution in [0.1, 0.15) is 32.3 Å². The van der Waals surface area contributed by atoms with Gasteiger partial charge >= 0.3 is 0 Å². The summed E-state index contributed by atoms with van der Waals surface area (Å²) in [5.41, 5.74) is 2.77. The Morgan fingerprint density at radius 2 is 1.97 bits per heavy atom. The number of hydrogen-bond donors (Lipinski definition) is 1.